The van der Waals surface area contributed by atoms with Crippen LogP contribution in [0.1, 0.15) is 25.3 Å². The van der Waals surface area contributed by atoms with Gasteiger partial charge in [-0.2, -0.15) is 13.1 Å². The van der Waals surface area contributed by atoms with Gasteiger partial charge in [0, 0.05) is 50.4 Å². The van der Waals surface area contributed by atoms with E-state index in [0.29, 0.717) is 50.1 Å². The SMILES string of the molecule is Cc1ccc(N2CCN(C(=O)C3CCN(S(=O)(=O)c4cccc5nsnc45)CC3)CC2C)cc1. The first-order valence-electron chi connectivity index (χ1n) is 11.7. The average Bonchev–Trinajstić information content (AvgIpc) is 3.33. The maximum atomic E-state index is 13.3. The summed E-state index contributed by atoms with van der Waals surface area (Å²) in [5.41, 5.74) is 3.44. The number of carbonyl (C=O) groups is 1. The molecule has 1 aromatic heterocycles. The van der Waals surface area contributed by atoms with E-state index in [1.165, 1.54) is 15.6 Å². The van der Waals surface area contributed by atoms with E-state index in [9.17, 15) is 13.2 Å². The van der Waals surface area contributed by atoms with Crippen molar-refractivity contribution >= 4 is 44.4 Å². The van der Waals surface area contributed by atoms with Crippen molar-refractivity contribution in [2.75, 3.05) is 37.6 Å². The van der Waals surface area contributed by atoms with E-state index in [-0.39, 0.29) is 22.8 Å². The fourth-order valence-electron chi connectivity index (χ4n) is 5.01. The monoisotopic (exact) mass is 499 g/mol. The first-order chi connectivity index (χ1) is 16.3. The van der Waals surface area contributed by atoms with E-state index in [2.05, 4.69) is 51.8 Å². The van der Waals surface area contributed by atoms with Crippen molar-refractivity contribution in [3.05, 3.63) is 48.0 Å². The predicted octanol–water partition coefficient (Wildman–Crippen LogP) is 3.14. The number of hydrogen-bond donors (Lipinski definition) is 0. The molecule has 2 aromatic carbocycles. The molecule has 3 aromatic rings. The molecule has 0 saturated carbocycles. The van der Waals surface area contributed by atoms with E-state index >= 15 is 0 Å². The minimum Gasteiger partial charge on any atom is -0.365 e. The van der Waals surface area contributed by atoms with Gasteiger partial charge in [0.1, 0.15) is 15.9 Å². The van der Waals surface area contributed by atoms with Gasteiger partial charge in [0.15, 0.2) is 0 Å². The van der Waals surface area contributed by atoms with E-state index in [1.807, 2.05) is 4.90 Å². The number of fused-ring (bicyclic) bond motifs is 1. The van der Waals surface area contributed by atoms with Crippen LogP contribution in [0.4, 0.5) is 5.69 Å². The van der Waals surface area contributed by atoms with Gasteiger partial charge < -0.3 is 9.80 Å². The van der Waals surface area contributed by atoms with Crippen LogP contribution in [-0.2, 0) is 14.8 Å². The summed E-state index contributed by atoms with van der Waals surface area (Å²) in [6, 6.07) is 13.8. The van der Waals surface area contributed by atoms with Crippen molar-refractivity contribution in [3.8, 4) is 0 Å². The van der Waals surface area contributed by atoms with E-state index in [4.69, 9.17) is 0 Å². The van der Waals surface area contributed by atoms with Crippen LogP contribution in [-0.4, -0.2) is 71.0 Å². The Balaban J connectivity index is 1.21. The highest BCUT2D eigenvalue weighted by Crippen LogP contribution is 2.29. The number of aromatic nitrogens is 2. The summed E-state index contributed by atoms with van der Waals surface area (Å²) in [4.78, 5) is 17.8. The minimum absolute atomic E-state index is 0.138. The fraction of sp³-hybridized carbons (Fsp3) is 0.458. The number of nitrogens with zero attached hydrogens (tertiary/aromatic N) is 5. The molecule has 2 aliphatic heterocycles. The second-order valence-corrected chi connectivity index (χ2v) is 11.7. The molecule has 10 heteroatoms. The summed E-state index contributed by atoms with van der Waals surface area (Å²) < 4.78 is 36.4. The maximum Gasteiger partial charge on any atom is 0.245 e. The van der Waals surface area contributed by atoms with Crippen molar-refractivity contribution in [2.24, 2.45) is 5.92 Å². The first kappa shape index (κ1) is 23.2. The number of rotatable bonds is 4. The van der Waals surface area contributed by atoms with Crippen LogP contribution in [0, 0.1) is 12.8 Å². The molecule has 5 rings (SSSR count). The Morgan fingerprint density at radius 2 is 1.74 bits per heavy atom. The van der Waals surface area contributed by atoms with Crippen LogP contribution in [0.3, 0.4) is 0 Å². The van der Waals surface area contributed by atoms with Crippen molar-refractivity contribution < 1.29 is 13.2 Å². The molecule has 1 amide bonds. The zero-order valence-corrected chi connectivity index (χ0v) is 21.1. The lowest BCUT2D eigenvalue weighted by molar-refractivity contribution is -0.137. The Hall–Kier alpha value is -2.56. The normalized spacial score (nSPS) is 20.7. The van der Waals surface area contributed by atoms with E-state index in [0.717, 1.165) is 18.3 Å². The molecule has 2 aliphatic rings. The highest BCUT2D eigenvalue weighted by Gasteiger charge is 2.36. The molecule has 2 saturated heterocycles. The van der Waals surface area contributed by atoms with Gasteiger partial charge in [0.05, 0.1) is 11.7 Å². The minimum atomic E-state index is -3.68. The van der Waals surface area contributed by atoms with Gasteiger partial charge in [-0.3, -0.25) is 4.79 Å². The number of anilines is 1. The summed E-state index contributed by atoms with van der Waals surface area (Å²) >= 11 is 1.01. The topological polar surface area (TPSA) is 86.7 Å². The molecule has 1 atom stereocenters. The number of sulfonamides is 1. The quantitative estimate of drug-likeness (QED) is 0.548. The third-order valence-electron chi connectivity index (χ3n) is 6.97. The highest BCUT2D eigenvalue weighted by atomic mass is 32.2. The lowest BCUT2D eigenvalue weighted by atomic mass is 9.95. The predicted molar refractivity (Wildman–Crippen MR) is 133 cm³/mol. The smallest absolute Gasteiger partial charge is 0.245 e. The number of piperidine rings is 1. The first-order valence-corrected chi connectivity index (χ1v) is 13.8. The molecule has 0 bridgehead atoms. The van der Waals surface area contributed by atoms with Crippen molar-refractivity contribution in [1.82, 2.24) is 18.0 Å². The zero-order valence-electron chi connectivity index (χ0n) is 19.4. The van der Waals surface area contributed by atoms with Crippen LogP contribution >= 0.6 is 11.7 Å². The van der Waals surface area contributed by atoms with Gasteiger partial charge >= 0.3 is 0 Å². The highest BCUT2D eigenvalue weighted by molar-refractivity contribution is 7.89. The molecule has 1 unspecified atom stereocenters. The molecule has 3 heterocycles. The molecule has 0 radical (unpaired) electrons. The second kappa shape index (κ2) is 9.24. The third kappa shape index (κ3) is 4.30. The number of aryl methyl sites for hydroxylation is 1. The number of carbonyl (C=O) groups excluding carboxylic acids is 1. The molecule has 34 heavy (non-hydrogen) atoms. The Morgan fingerprint density at radius 3 is 2.44 bits per heavy atom. The number of hydrogen-bond acceptors (Lipinski definition) is 7. The lowest BCUT2D eigenvalue weighted by Crippen LogP contribution is -2.55. The summed E-state index contributed by atoms with van der Waals surface area (Å²) in [5.74, 6) is 0.0135. The van der Waals surface area contributed by atoms with Crippen LogP contribution in [0.5, 0.6) is 0 Å². The van der Waals surface area contributed by atoms with Crippen LogP contribution in [0.25, 0.3) is 11.0 Å². The van der Waals surface area contributed by atoms with Gasteiger partial charge in [0.25, 0.3) is 0 Å². The Kier molecular flexibility index (Phi) is 6.30. The molecule has 8 nitrogen and oxygen atoms in total. The summed E-state index contributed by atoms with van der Waals surface area (Å²) in [6.07, 6.45) is 1.08. The summed E-state index contributed by atoms with van der Waals surface area (Å²) in [7, 11) is -3.68. The molecule has 0 spiro atoms. The van der Waals surface area contributed by atoms with Gasteiger partial charge in [0.2, 0.25) is 15.9 Å². The molecule has 2 fully saturated rings. The van der Waals surface area contributed by atoms with Crippen molar-refractivity contribution in [2.45, 2.75) is 37.6 Å². The standard InChI is InChI=1S/C24H29N5O3S2/c1-17-6-8-20(9-7-17)29-15-14-27(16-18(29)2)24(30)19-10-12-28(13-11-19)34(31,32)22-5-3-4-21-23(22)26-33-25-21/h3-9,18-19H,10-16H2,1-2H3. The molecule has 0 aliphatic carbocycles. The molecular formula is C24H29N5O3S2. The second-order valence-electron chi connectivity index (χ2n) is 9.23. The van der Waals surface area contributed by atoms with Gasteiger partial charge in [-0.05, 0) is 51.0 Å². The number of piperazine rings is 1. The maximum absolute atomic E-state index is 13.3. The number of benzene rings is 2. The van der Waals surface area contributed by atoms with Crippen molar-refractivity contribution in [3.63, 3.8) is 0 Å². The summed E-state index contributed by atoms with van der Waals surface area (Å²) in [6.45, 7) is 7.09. The Morgan fingerprint density at radius 1 is 1.00 bits per heavy atom. The zero-order chi connectivity index (χ0) is 23.9. The number of amides is 1. The third-order valence-corrected chi connectivity index (χ3v) is 9.45. The molecular weight excluding hydrogens is 470 g/mol. The van der Waals surface area contributed by atoms with Crippen molar-refractivity contribution in [1.29, 1.82) is 0 Å². The van der Waals surface area contributed by atoms with Gasteiger partial charge in [-0.15, -0.1) is 0 Å². The van der Waals surface area contributed by atoms with E-state index < -0.39 is 10.0 Å². The molecule has 0 N–H and O–H groups in total. The molecule has 180 valence electrons. The Labute approximate surface area is 204 Å². The Bertz CT molecular complexity index is 1280. The summed E-state index contributed by atoms with van der Waals surface area (Å²) in [5, 5.41) is 0. The van der Waals surface area contributed by atoms with E-state index in [1.54, 1.807) is 18.2 Å². The average molecular weight is 500 g/mol. The van der Waals surface area contributed by atoms with Gasteiger partial charge in [-0.25, -0.2) is 8.42 Å². The van der Waals surface area contributed by atoms with Crippen LogP contribution in [0.2, 0.25) is 0 Å². The fourth-order valence-corrected chi connectivity index (χ4v) is 7.23. The largest absolute Gasteiger partial charge is 0.365 e. The van der Waals surface area contributed by atoms with Crippen LogP contribution in [0.15, 0.2) is 47.4 Å². The van der Waals surface area contributed by atoms with Gasteiger partial charge in [-0.1, -0.05) is 23.8 Å². The lowest BCUT2D eigenvalue weighted by Gasteiger charge is -2.43. The van der Waals surface area contributed by atoms with Crippen LogP contribution < -0.4 is 4.90 Å².